The molecule has 178 valence electrons. The van der Waals surface area contributed by atoms with E-state index in [9.17, 15) is 18.0 Å². The summed E-state index contributed by atoms with van der Waals surface area (Å²) in [6, 6.07) is 20.3. The number of nitrogens with one attached hydrogen (secondary N) is 1. The van der Waals surface area contributed by atoms with E-state index < -0.39 is 28.4 Å². The van der Waals surface area contributed by atoms with Crippen molar-refractivity contribution in [2.45, 2.75) is 13.8 Å². The van der Waals surface area contributed by atoms with Crippen molar-refractivity contribution in [2.24, 2.45) is 0 Å². The van der Waals surface area contributed by atoms with Gasteiger partial charge in [-0.25, -0.2) is 13.2 Å². The molecular formula is C25H26N2O6S. The Morgan fingerprint density at radius 2 is 1.62 bits per heavy atom. The SMILES string of the molecule is CCOC(=O)c1cccc(NC(=O)CN(c2ccccc2Oc2ccccc2)S(C)(=O)=O)c1C. The fraction of sp³-hybridized carbons (Fsp3) is 0.200. The van der Waals surface area contributed by atoms with Gasteiger partial charge in [-0.3, -0.25) is 9.10 Å². The third-order valence-corrected chi connectivity index (χ3v) is 6.02. The molecule has 0 aliphatic carbocycles. The van der Waals surface area contributed by atoms with Gasteiger partial charge in [-0.15, -0.1) is 0 Å². The summed E-state index contributed by atoms with van der Waals surface area (Å²) in [6.07, 6.45) is 1.02. The van der Waals surface area contributed by atoms with Gasteiger partial charge in [-0.05, 0) is 55.8 Å². The number of hydrogen-bond donors (Lipinski definition) is 1. The maximum absolute atomic E-state index is 12.9. The van der Waals surface area contributed by atoms with Crippen molar-refractivity contribution in [1.29, 1.82) is 0 Å². The molecule has 0 heterocycles. The van der Waals surface area contributed by atoms with E-state index in [1.165, 1.54) is 0 Å². The van der Waals surface area contributed by atoms with Crippen LogP contribution in [0.4, 0.5) is 11.4 Å². The predicted molar refractivity (Wildman–Crippen MR) is 131 cm³/mol. The fourth-order valence-corrected chi connectivity index (χ4v) is 4.13. The molecule has 0 spiro atoms. The van der Waals surface area contributed by atoms with E-state index in [-0.39, 0.29) is 18.0 Å². The summed E-state index contributed by atoms with van der Waals surface area (Å²) in [7, 11) is -3.84. The van der Waals surface area contributed by atoms with Gasteiger partial charge < -0.3 is 14.8 Å². The zero-order valence-electron chi connectivity index (χ0n) is 19.1. The lowest BCUT2D eigenvalue weighted by atomic mass is 10.1. The third-order valence-electron chi connectivity index (χ3n) is 4.90. The highest BCUT2D eigenvalue weighted by atomic mass is 32.2. The molecule has 0 aromatic heterocycles. The number of amides is 1. The number of carbonyl (C=O) groups is 2. The molecule has 0 saturated carbocycles. The lowest BCUT2D eigenvalue weighted by Crippen LogP contribution is -2.37. The van der Waals surface area contributed by atoms with Crippen LogP contribution < -0.4 is 14.4 Å². The second-order valence-corrected chi connectivity index (χ2v) is 9.31. The first kappa shape index (κ1) is 24.8. The van der Waals surface area contributed by atoms with Gasteiger partial charge in [0.25, 0.3) is 0 Å². The summed E-state index contributed by atoms with van der Waals surface area (Å²) in [5, 5.41) is 2.70. The van der Waals surface area contributed by atoms with Gasteiger partial charge in [0.05, 0.1) is 24.1 Å². The molecule has 1 amide bonds. The number of ether oxygens (including phenoxy) is 2. The zero-order chi connectivity index (χ0) is 24.7. The van der Waals surface area contributed by atoms with Crippen LogP contribution in [0.5, 0.6) is 11.5 Å². The van der Waals surface area contributed by atoms with E-state index in [2.05, 4.69) is 5.32 Å². The van der Waals surface area contributed by atoms with Crippen LogP contribution in [-0.4, -0.2) is 39.7 Å². The molecule has 0 aliphatic heterocycles. The second-order valence-electron chi connectivity index (χ2n) is 7.40. The first-order valence-electron chi connectivity index (χ1n) is 10.6. The fourth-order valence-electron chi connectivity index (χ4n) is 3.27. The van der Waals surface area contributed by atoms with Gasteiger partial charge >= 0.3 is 5.97 Å². The van der Waals surface area contributed by atoms with Gasteiger partial charge in [-0.2, -0.15) is 0 Å². The lowest BCUT2D eigenvalue weighted by molar-refractivity contribution is -0.114. The van der Waals surface area contributed by atoms with Crippen molar-refractivity contribution in [3.8, 4) is 11.5 Å². The van der Waals surface area contributed by atoms with Crippen LogP contribution in [0.2, 0.25) is 0 Å². The maximum Gasteiger partial charge on any atom is 0.338 e. The Balaban J connectivity index is 1.86. The van der Waals surface area contributed by atoms with Crippen LogP contribution in [0.25, 0.3) is 0 Å². The van der Waals surface area contributed by atoms with Crippen LogP contribution >= 0.6 is 0 Å². The molecule has 3 rings (SSSR count). The van der Waals surface area contributed by atoms with E-state index >= 15 is 0 Å². The molecule has 0 atom stereocenters. The molecule has 0 saturated heterocycles. The summed E-state index contributed by atoms with van der Waals surface area (Å²) >= 11 is 0. The number of hydrogen-bond acceptors (Lipinski definition) is 6. The van der Waals surface area contributed by atoms with Crippen molar-refractivity contribution < 1.29 is 27.5 Å². The Bertz CT molecular complexity index is 1280. The average Bonchev–Trinajstić information content (AvgIpc) is 2.79. The minimum atomic E-state index is -3.84. The summed E-state index contributed by atoms with van der Waals surface area (Å²) in [4.78, 5) is 25.0. The van der Waals surface area contributed by atoms with Gasteiger partial charge in [0.2, 0.25) is 15.9 Å². The van der Waals surface area contributed by atoms with Crippen LogP contribution in [0.15, 0.2) is 72.8 Å². The predicted octanol–water partition coefficient (Wildman–Crippen LogP) is 4.37. The van der Waals surface area contributed by atoms with Crippen molar-refractivity contribution in [2.75, 3.05) is 29.0 Å². The largest absolute Gasteiger partial charge is 0.462 e. The van der Waals surface area contributed by atoms with Crippen molar-refractivity contribution in [3.05, 3.63) is 83.9 Å². The van der Waals surface area contributed by atoms with Gasteiger partial charge in [0, 0.05) is 5.69 Å². The van der Waals surface area contributed by atoms with Crippen LogP contribution in [0.1, 0.15) is 22.8 Å². The molecule has 0 fully saturated rings. The van der Waals surface area contributed by atoms with Gasteiger partial charge in [-0.1, -0.05) is 36.4 Å². The lowest BCUT2D eigenvalue weighted by Gasteiger charge is -2.24. The number of rotatable bonds is 9. The summed E-state index contributed by atoms with van der Waals surface area (Å²) in [6.45, 7) is 3.12. The molecule has 1 N–H and O–H groups in total. The van der Waals surface area contributed by atoms with E-state index in [1.807, 2.05) is 6.07 Å². The zero-order valence-corrected chi connectivity index (χ0v) is 20.0. The van der Waals surface area contributed by atoms with Crippen molar-refractivity contribution >= 4 is 33.3 Å². The van der Waals surface area contributed by atoms with E-state index in [1.54, 1.807) is 80.6 Å². The van der Waals surface area contributed by atoms with E-state index in [0.29, 0.717) is 22.6 Å². The highest BCUT2D eigenvalue weighted by Gasteiger charge is 2.25. The molecule has 0 aliphatic rings. The molecular weight excluding hydrogens is 456 g/mol. The maximum atomic E-state index is 12.9. The molecule has 34 heavy (non-hydrogen) atoms. The number of anilines is 2. The highest BCUT2D eigenvalue weighted by Crippen LogP contribution is 2.33. The Morgan fingerprint density at radius 3 is 2.29 bits per heavy atom. The molecule has 9 heteroatoms. The van der Waals surface area contributed by atoms with Gasteiger partial charge in [0.1, 0.15) is 12.3 Å². The Labute approximate surface area is 199 Å². The monoisotopic (exact) mass is 482 g/mol. The summed E-state index contributed by atoms with van der Waals surface area (Å²) < 4.78 is 37.2. The van der Waals surface area contributed by atoms with Crippen molar-refractivity contribution in [1.82, 2.24) is 0 Å². The third kappa shape index (κ3) is 6.14. The smallest absolute Gasteiger partial charge is 0.338 e. The minimum absolute atomic E-state index is 0.223. The number of carbonyl (C=O) groups excluding carboxylic acids is 2. The number of benzene rings is 3. The normalized spacial score (nSPS) is 10.9. The summed E-state index contributed by atoms with van der Waals surface area (Å²) in [5.74, 6) is -0.267. The second kappa shape index (κ2) is 10.8. The standard InChI is InChI=1S/C25H26N2O6S/c1-4-32-25(29)20-13-10-14-21(18(20)2)26-24(28)17-27(34(3,30)31)22-15-8-9-16-23(22)33-19-11-6-5-7-12-19/h5-16H,4,17H2,1-3H3,(H,26,28). The first-order valence-corrected chi connectivity index (χ1v) is 12.4. The number of sulfonamides is 1. The number of para-hydroxylation sites is 3. The van der Waals surface area contributed by atoms with Crippen LogP contribution in [0.3, 0.4) is 0 Å². The molecule has 0 unspecified atom stereocenters. The van der Waals surface area contributed by atoms with Gasteiger partial charge in [0.15, 0.2) is 5.75 Å². The number of nitrogens with zero attached hydrogens (tertiary/aromatic N) is 1. The average molecular weight is 483 g/mol. The Morgan fingerprint density at radius 1 is 0.941 bits per heavy atom. The van der Waals surface area contributed by atoms with Crippen LogP contribution in [0, 0.1) is 6.92 Å². The molecule has 3 aromatic rings. The topological polar surface area (TPSA) is 102 Å². The van der Waals surface area contributed by atoms with Crippen molar-refractivity contribution in [3.63, 3.8) is 0 Å². The molecule has 3 aromatic carbocycles. The molecule has 0 bridgehead atoms. The molecule has 0 radical (unpaired) electrons. The Hall–Kier alpha value is -3.85. The number of esters is 1. The van der Waals surface area contributed by atoms with E-state index in [0.717, 1.165) is 10.6 Å². The molecule has 8 nitrogen and oxygen atoms in total. The van der Waals surface area contributed by atoms with E-state index in [4.69, 9.17) is 9.47 Å². The van der Waals surface area contributed by atoms with Crippen LogP contribution in [-0.2, 0) is 19.6 Å². The quantitative estimate of drug-likeness (QED) is 0.455. The first-order chi connectivity index (χ1) is 16.2. The highest BCUT2D eigenvalue weighted by molar-refractivity contribution is 7.92. The minimum Gasteiger partial charge on any atom is -0.462 e. The Kier molecular flexibility index (Phi) is 7.91. The summed E-state index contributed by atoms with van der Waals surface area (Å²) in [5.41, 5.74) is 1.45.